The Balaban J connectivity index is 2.31. The number of hydrogen-bond acceptors (Lipinski definition) is 3. The van der Waals surface area contributed by atoms with E-state index in [1.807, 2.05) is 0 Å². The van der Waals surface area contributed by atoms with Crippen LogP contribution in [-0.2, 0) is 4.74 Å². The molecular weight excluding hydrogens is 224 g/mol. The first-order valence-electron chi connectivity index (χ1n) is 7.66. The lowest BCUT2D eigenvalue weighted by Crippen LogP contribution is -2.47. The first kappa shape index (κ1) is 15.9. The molecule has 0 radical (unpaired) electrons. The second-order valence-corrected chi connectivity index (χ2v) is 5.72. The maximum atomic E-state index is 5.25. The number of unbranched alkanes of at least 4 members (excludes halogenated alkanes) is 1. The third-order valence-electron chi connectivity index (χ3n) is 4.09. The van der Waals surface area contributed by atoms with Gasteiger partial charge in [-0.15, -0.1) is 0 Å². The van der Waals surface area contributed by atoms with Gasteiger partial charge in [0, 0.05) is 32.3 Å². The number of methoxy groups -OCH3 is 1. The van der Waals surface area contributed by atoms with Crippen LogP contribution < -0.4 is 5.32 Å². The number of hydrogen-bond donors (Lipinski definition) is 1. The van der Waals surface area contributed by atoms with E-state index < -0.39 is 0 Å². The van der Waals surface area contributed by atoms with Crippen LogP contribution in [0.2, 0.25) is 0 Å². The second kappa shape index (κ2) is 8.89. The Kier molecular flexibility index (Phi) is 7.87. The molecule has 2 unspecified atom stereocenters. The predicted molar refractivity (Wildman–Crippen MR) is 78.0 cm³/mol. The SMILES string of the molecule is CCCCNCC(C)N(CCOC)C(C)C1CC1. The summed E-state index contributed by atoms with van der Waals surface area (Å²) in [5, 5.41) is 3.57. The van der Waals surface area contributed by atoms with Crippen LogP contribution in [0.1, 0.15) is 46.5 Å². The van der Waals surface area contributed by atoms with Gasteiger partial charge in [-0.3, -0.25) is 4.90 Å². The molecule has 18 heavy (non-hydrogen) atoms. The predicted octanol–water partition coefficient (Wildman–Crippen LogP) is 2.51. The van der Waals surface area contributed by atoms with Crippen molar-refractivity contribution in [3.05, 3.63) is 0 Å². The number of rotatable bonds is 11. The van der Waals surface area contributed by atoms with E-state index in [-0.39, 0.29) is 0 Å². The highest BCUT2D eigenvalue weighted by Crippen LogP contribution is 2.35. The van der Waals surface area contributed by atoms with Crippen molar-refractivity contribution in [1.29, 1.82) is 0 Å². The Morgan fingerprint density at radius 1 is 1.33 bits per heavy atom. The Morgan fingerprint density at radius 3 is 2.61 bits per heavy atom. The molecule has 3 nitrogen and oxygen atoms in total. The molecule has 0 aromatic rings. The minimum atomic E-state index is 0.604. The number of nitrogens with one attached hydrogen (secondary N) is 1. The van der Waals surface area contributed by atoms with Crippen LogP contribution in [0, 0.1) is 5.92 Å². The van der Waals surface area contributed by atoms with Crippen LogP contribution in [0.5, 0.6) is 0 Å². The highest BCUT2D eigenvalue weighted by atomic mass is 16.5. The van der Waals surface area contributed by atoms with Gasteiger partial charge in [-0.25, -0.2) is 0 Å². The van der Waals surface area contributed by atoms with E-state index in [1.54, 1.807) is 7.11 Å². The Bertz CT molecular complexity index is 207. The van der Waals surface area contributed by atoms with E-state index in [0.717, 1.165) is 32.2 Å². The van der Waals surface area contributed by atoms with E-state index >= 15 is 0 Å². The number of nitrogens with zero attached hydrogens (tertiary/aromatic N) is 1. The normalized spacial score (nSPS) is 19.2. The molecule has 108 valence electrons. The van der Waals surface area contributed by atoms with Crippen LogP contribution in [0.25, 0.3) is 0 Å². The molecule has 3 heteroatoms. The monoisotopic (exact) mass is 256 g/mol. The van der Waals surface area contributed by atoms with Crippen molar-refractivity contribution in [2.45, 2.75) is 58.5 Å². The summed E-state index contributed by atoms with van der Waals surface area (Å²) in [5.74, 6) is 0.931. The molecule has 1 aliphatic carbocycles. The maximum Gasteiger partial charge on any atom is 0.0589 e. The smallest absolute Gasteiger partial charge is 0.0589 e. The van der Waals surface area contributed by atoms with E-state index in [9.17, 15) is 0 Å². The fourth-order valence-electron chi connectivity index (χ4n) is 2.60. The topological polar surface area (TPSA) is 24.5 Å². The van der Waals surface area contributed by atoms with Crippen molar-refractivity contribution in [3.63, 3.8) is 0 Å². The molecule has 1 N–H and O–H groups in total. The van der Waals surface area contributed by atoms with Gasteiger partial charge in [-0.1, -0.05) is 13.3 Å². The fraction of sp³-hybridized carbons (Fsp3) is 1.00. The maximum absolute atomic E-state index is 5.25. The molecule has 0 bridgehead atoms. The molecule has 0 amide bonds. The van der Waals surface area contributed by atoms with E-state index in [2.05, 4.69) is 31.0 Å². The molecule has 0 heterocycles. The summed E-state index contributed by atoms with van der Waals surface area (Å²) in [4.78, 5) is 2.63. The third kappa shape index (κ3) is 5.68. The van der Waals surface area contributed by atoms with Crippen molar-refractivity contribution in [1.82, 2.24) is 10.2 Å². The lowest BCUT2D eigenvalue weighted by Gasteiger charge is -2.35. The van der Waals surface area contributed by atoms with Gasteiger partial charge in [0.05, 0.1) is 6.61 Å². The Morgan fingerprint density at radius 2 is 2.06 bits per heavy atom. The van der Waals surface area contributed by atoms with Gasteiger partial charge >= 0.3 is 0 Å². The molecule has 0 aliphatic heterocycles. The average Bonchev–Trinajstić information content (AvgIpc) is 3.19. The molecule has 1 saturated carbocycles. The van der Waals surface area contributed by atoms with Gasteiger partial charge in [0.2, 0.25) is 0 Å². The van der Waals surface area contributed by atoms with E-state index in [1.165, 1.54) is 25.7 Å². The largest absolute Gasteiger partial charge is 0.383 e. The third-order valence-corrected chi connectivity index (χ3v) is 4.09. The molecular formula is C15H32N2O. The summed E-state index contributed by atoms with van der Waals surface area (Å²) in [7, 11) is 1.80. The molecule has 0 aromatic heterocycles. The molecule has 1 aliphatic rings. The van der Waals surface area contributed by atoms with Gasteiger partial charge in [-0.2, -0.15) is 0 Å². The van der Waals surface area contributed by atoms with Crippen LogP contribution in [-0.4, -0.2) is 50.3 Å². The standard InChI is InChI=1S/C15H32N2O/c1-5-6-9-16-12-13(2)17(10-11-18-4)14(3)15-7-8-15/h13-16H,5-12H2,1-4H3. The summed E-state index contributed by atoms with van der Waals surface area (Å²) in [6.45, 7) is 11.1. The van der Waals surface area contributed by atoms with Crippen LogP contribution in [0.3, 0.4) is 0 Å². The first-order chi connectivity index (χ1) is 8.70. The van der Waals surface area contributed by atoms with Crippen molar-refractivity contribution in [3.8, 4) is 0 Å². The lowest BCUT2D eigenvalue weighted by atomic mass is 10.1. The van der Waals surface area contributed by atoms with Gasteiger partial charge in [0.1, 0.15) is 0 Å². The second-order valence-electron chi connectivity index (χ2n) is 5.72. The fourth-order valence-corrected chi connectivity index (χ4v) is 2.60. The minimum Gasteiger partial charge on any atom is -0.383 e. The van der Waals surface area contributed by atoms with Crippen LogP contribution in [0.15, 0.2) is 0 Å². The highest BCUT2D eigenvalue weighted by Gasteiger charge is 2.33. The zero-order chi connectivity index (χ0) is 13.4. The average molecular weight is 256 g/mol. The molecule has 0 spiro atoms. The zero-order valence-electron chi connectivity index (χ0n) is 12.7. The van der Waals surface area contributed by atoms with E-state index in [0.29, 0.717) is 12.1 Å². The Hall–Kier alpha value is -0.120. The van der Waals surface area contributed by atoms with Crippen molar-refractivity contribution in [2.75, 3.05) is 33.4 Å². The van der Waals surface area contributed by atoms with Gasteiger partial charge in [0.25, 0.3) is 0 Å². The van der Waals surface area contributed by atoms with E-state index in [4.69, 9.17) is 4.74 Å². The Labute approximate surface area is 113 Å². The van der Waals surface area contributed by atoms with Crippen LogP contribution >= 0.6 is 0 Å². The molecule has 2 atom stereocenters. The minimum absolute atomic E-state index is 0.604. The van der Waals surface area contributed by atoms with Crippen molar-refractivity contribution >= 4 is 0 Å². The highest BCUT2D eigenvalue weighted by molar-refractivity contribution is 4.87. The van der Waals surface area contributed by atoms with Crippen molar-refractivity contribution in [2.24, 2.45) is 5.92 Å². The summed E-state index contributed by atoms with van der Waals surface area (Å²) < 4.78 is 5.25. The van der Waals surface area contributed by atoms with Crippen molar-refractivity contribution < 1.29 is 4.74 Å². The molecule has 0 aromatic carbocycles. The van der Waals surface area contributed by atoms with Crippen LogP contribution in [0.4, 0.5) is 0 Å². The summed E-state index contributed by atoms with van der Waals surface area (Å²) in [6, 6.07) is 1.32. The zero-order valence-corrected chi connectivity index (χ0v) is 12.7. The van der Waals surface area contributed by atoms with Gasteiger partial charge in [0.15, 0.2) is 0 Å². The number of ether oxygens (including phenoxy) is 1. The molecule has 1 rings (SSSR count). The quantitative estimate of drug-likeness (QED) is 0.575. The van der Waals surface area contributed by atoms with Gasteiger partial charge in [-0.05, 0) is 45.6 Å². The lowest BCUT2D eigenvalue weighted by molar-refractivity contribution is 0.0869. The summed E-state index contributed by atoms with van der Waals surface area (Å²) in [5.41, 5.74) is 0. The first-order valence-corrected chi connectivity index (χ1v) is 7.66. The molecule has 0 saturated heterocycles. The summed E-state index contributed by atoms with van der Waals surface area (Å²) >= 11 is 0. The molecule has 1 fully saturated rings. The summed E-state index contributed by atoms with van der Waals surface area (Å²) in [6.07, 6.45) is 5.39. The van der Waals surface area contributed by atoms with Gasteiger partial charge < -0.3 is 10.1 Å².